The van der Waals surface area contributed by atoms with E-state index in [-0.39, 0.29) is 22.9 Å². The van der Waals surface area contributed by atoms with Crippen LogP contribution in [0.15, 0.2) is 23.1 Å². The highest BCUT2D eigenvalue weighted by molar-refractivity contribution is 7.89. The molecule has 1 aromatic rings. The summed E-state index contributed by atoms with van der Waals surface area (Å²) in [7, 11) is -2.15. The van der Waals surface area contributed by atoms with Gasteiger partial charge in [0, 0.05) is 18.6 Å². The van der Waals surface area contributed by atoms with Crippen LogP contribution in [0.3, 0.4) is 0 Å². The van der Waals surface area contributed by atoms with Gasteiger partial charge in [-0.3, -0.25) is 4.79 Å². The normalized spacial score (nSPS) is 17.4. The lowest BCUT2D eigenvalue weighted by molar-refractivity contribution is -0.139. The Morgan fingerprint density at radius 3 is 2.30 bits per heavy atom. The van der Waals surface area contributed by atoms with Crippen molar-refractivity contribution in [3.8, 4) is 5.75 Å². The first-order valence-electron chi connectivity index (χ1n) is 7.52. The fraction of sp³-hybridized carbons (Fsp3) is 0.562. The summed E-state index contributed by atoms with van der Waals surface area (Å²) in [5.74, 6) is 0.438. The molecule has 0 radical (unpaired) electrons. The van der Waals surface area contributed by atoms with Crippen molar-refractivity contribution in [2.24, 2.45) is 0 Å². The van der Waals surface area contributed by atoms with Crippen LogP contribution in [0.1, 0.15) is 26.3 Å². The standard InChI is InChI=1S/C16H24N2O4S/c1-12-10-13(22-5)6-7-14(12)23(20,21)17-8-9-18(15(19)11-17)16(2,3)4/h6-7,10H,8-9,11H2,1-5H3. The fourth-order valence-corrected chi connectivity index (χ4v) is 4.33. The molecule has 7 heteroatoms. The highest BCUT2D eigenvalue weighted by atomic mass is 32.2. The van der Waals surface area contributed by atoms with Crippen LogP contribution in [0, 0.1) is 6.92 Å². The number of carbonyl (C=O) groups is 1. The van der Waals surface area contributed by atoms with Crippen molar-refractivity contribution in [2.75, 3.05) is 26.7 Å². The molecule has 0 saturated carbocycles. The minimum absolute atomic E-state index is 0.120. The first kappa shape index (κ1) is 17.7. The van der Waals surface area contributed by atoms with E-state index in [1.165, 1.54) is 17.5 Å². The van der Waals surface area contributed by atoms with Crippen molar-refractivity contribution in [2.45, 2.75) is 38.1 Å². The Morgan fingerprint density at radius 1 is 1.17 bits per heavy atom. The fourth-order valence-electron chi connectivity index (χ4n) is 2.74. The molecule has 1 heterocycles. The van der Waals surface area contributed by atoms with Gasteiger partial charge >= 0.3 is 0 Å². The number of piperazine rings is 1. The minimum Gasteiger partial charge on any atom is -0.497 e. The largest absolute Gasteiger partial charge is 0.497 e. The summed E-state index contributed by atoms with van der Waals surface area (Å²) in [6.45, 7) is 8.15. The highest BCUT2D eigenvalue weighted by Crippen LogP contribution is 2.26. The number of hydrogen-bond donors (Lipinski definition) is 0. The quantitative estimate of drug-likeness (QED) is 0.839. The number of aryl methyl sites for hydroxylation is 1. The van der Waals surface area contributed by atoms with E-state index >= 15 is 0 Å². The summed E-state index contributed by atoms with van der Waals surface area (Å²) in [5.41, 5.74) is 0.304. The molecule has 0 bridgehead atoms. The molecule has 23 heavy (non-hydrogen) atoms. The number of hydrogen-bond acceptors (Lipinski definition) is 4. The molecule has 0 N–H and O–H groups in total. The summed E-state index contributed by atoms with van der Waals surface area (Å²) in [5, 5.41) is 0. The molecular formula is C16H24N2O4S. The number of benzene rings is 1. The van der Waals surface area contributed by atoms with Gasteiger partial charge in [-0.2, -0.15) is 4.31 Å². The number of amides is 1. The molecule has 1 fully saturated rings. The van der Waals surface area contributed by atoms with Crippen molar-refractivity contribution >= 4 is 15.9 Å². The minimum atomic E-state index is -3.69. The van der Waals surface area contributed by atoms with E-state index in [2.05, 4.69) is 0 Å². The van der Waals surface area contributed by atoms with Crippen molar-refractivity contribution < 1.29 is 17.9 Å². The van der Waals surface area contributed by atoms with Crippen molar-refractivity contribution in [3.05, 3.63) is 23.8 Å². The van der Waals surface area contributed by atoms with Crippen LogP contribution in [-0.4, -0.2) is 55.8 Å². The molecule has 128 valence electrons. The Balaban J connectivity index is 2.27. The molecule has 0 aliphatic carbocycles. The van der Waals surface area contributed by atoms with E-state index in [1.807, 2.05) is 20.8 Å². The smallest absolute Gasteiger partial charge is 0.243 e. The third-order valence-electron chi connectivity index (χ3n) is 4.00. The van der Waals surface area contributed by atoms with E-state index in [4.69, 9.17) is 4.74 Å². The molecular weight excluding hydrogens is 316 g/mol. The Kier molecular flexibility index (Phi) is 4.73. The zero-order valence-electron chi connectivity index (χ0n) is 14.3. The number of carbonyl (C=O) groups excluding carboxylic acids is 1. The van der Waals surface area contributed by atoms with Crippen molar-refractivity contribution in [1.29, 1.82) is 0 Å². The number of rotatable bonds is 3. The van der Waals surface area contributed by atoms with Crippen LogP contribution in [0.4, 0.5) is 0 Å². The van der Waals surface area contributed by atoms with E-state index in [1.54, 1.807) is 24.0 Å². The molecule has 0 spiro atoms. The van der Waals surface area contributed by atoms with Gasteiger partial charge in [-0.25, -0.2) is 8.42 Å². The lowest BCUT2D eigenvalue weighted by Gasteiger charge is -2.41. The molecule has 0 unspecified atom stereocenters. The Morgan fingerprint density at radius 2 is 1.83 bits per heavy atom. The second-order valence-corrected chi connectivity index (χ2v) is 8.59. The maximum absolute atomic E-state index is 12.8. The van der Waals surface area contributed by atoms with Crippen LogP contribution < -0.4 is 4.74 Å². The summed E-state index contributed by atoms with van der Waals surface area (Å²) in [6.07, 6.45) is 0. The van der Waals surface area contributed by atoms with Gasteiger partial charge in [-0.15, -0.1) is 0 Å². The number of nitrogens with zero attached hydrogens (tertiary/aromatic N) is 2. The zero-order valence-corrected chi connectivity index (χ0v) is 15.1. The van der Waals surface area contributed by atoms with Gasteiger partial charge in [0.05, 0.1) is 18.6 Å². The predicted molar refractivity (Wildman–Crippen MR) is 88.0 cm³/mol. The van der Waals surface area contributed by atoms with Gasteiger partial charge in [0.25, 0.3) is 0 Å². The zero-order chi connectivity index (χ0) is 17.4. The molecule has 1 aliphatic rings. The van der Waals surface area contributed by atoms with Crippen molar-refractivity contribution in [1.82, 2.24) is 9.21 Å². The summed E-state index contributed by atoms with van der Waals surface area (Å²) in [4.78, 5) is 14.3. The predicted octanol–water partition coefficient (Wildman–Crippen LogP) is 1.64. The third-order valence-corrected chi connectivity index (χ3v) is 6.00. The first-order chi connectivity index (χ1) is 10.6. The van der Waals surface area contributed by atoms with Gasteiger partial charge in [0.1, 0.15) is 5.75 Å². The average molecular weight is 340 g/mol. The molecule has 6 nitrogen and oxygen atoms in total. The second-order valence-electron chi connectivity index (χ2n) is 6.69. The van der Waals surface area contributed by atoms with Gasteiger partial charge in [0.15, 0.2) is 0 Å². The number of ether oxygens (including phenoxy) is 1. The third kappa shape index (κ3) is 3.50. The van der Waals surface area contributed by atoms with E-state index in [9.17, 15) is 13.2 Å². The molecule has 0 atom stereocenters. The summed E-state index contributed by atoms with van der Waals surface area (Å²) < 4.78 is 32.0. The number of sulfonamides is 1. The van der Waals surface area contributed by atoms with Crippen LogP contribution in [0.25, 0.3) is 0 Å². The number of methoxy groups -OCH3 is 1. The molecule has 2 rings (SSSR count). The van der Waals surface area contributed by atoms with Gasteiger partial charge < -0.3 is 9.64 Å². The maximum Gasteiger partial charge on any atom is 0.243 e. The van der Waals surface area contributed by atoms with Gasteiger partial charge in [-0.1, -0.05) is 0 Å². The highest BCUT2D eigenvalue weighted by Gasteiger charge is 2.37. The lowest BCUT2D eigenvalue weighted by atomic mass is 10.1. The monoisotopic (exact) mass is 340 g/mol. The van der Waals surface area contributed by atoms with Gasteiger partial charge in [0.2, 0.25) is 15.9 Å². The summed E-state index contributed by atoms with van der Waals surface area (Å²) in [6, 6.07) is 4.83. The second kappa shape index (κ2) is 6.13. The maximum atomic E-state index is 12.8. The molecule has 1 amide bonds. The van der Waals surface area contributed by atoms with Crippen LogP contribution in [0.2, 0.25) is 0 Å². The molecule has 0 aromatic heterocycles. The summed E-state index contributed by atoms with van der Waals surface area (Å²) >= 11 is 0. The van der Waals surface area contributed by atoms with Gasteiger partial charge in [-0.05, 0) is 51.5 Å². The van der Waals surface area contributed by atoms with Crippen LogP contribution >= 0.6 is 0 Å². The average Bonchev–Trinajstić information content (AvgIpc) is 2.45. The Labute approximate surface area is 138 Å². The Bertz CT molecular complexity index is 707. The van der Waals surface area contributed by atoms with Crippen LogP contribution in [0.5, 0.6) is 5.75 Å². The van der Waals surface area contributed by atoms with E-state index in [0.29, 0.717) is 24.4 Å². The lowest BCUT2D eigenvalue weighted by Crippen LogP contribution is -2.57. The van der Waals surface area contributed by atoms with E-state index in [0.717, 1.165) is 0 Å². The SMILES string of the molecule is COc1ccc(S(=O)(=O)N2CCN(C(C)(C)C)C(=O)C2)c(C)c1. The van der Waals surface area contributed by atoms with Crippen molar-refractivity contribution in [3.63, 3.8) is 0 Å². The molecule has 1 aliphatic heterocycles. The topological polar surface area (TPSA) is 66.9 Å². The van der Waals surface area contributed by atoms with E-state index < -0.39 is 10.0 Å². The first-order valence-corrected chi connectivity index (χ1v) is 8.96. The molecule has 1 aromatic carbocycles. The van der Waals surface area contributed by atoms with Crippen LogP contribution in [-0.2, 0) is 14.8 Å². The molecule has 1 saturated heterocycles. The Hall–Kier alpha value is -1.60.